The average molecular weight is 257 g/mol. The summed E-state index contributed by atoms with van der Waals surface area (Å²) in [7, 11) is 0. The lowest BCUT2D eigenvalue weighted by Crippen LogP contribution is -2.35. The lowest BCUT2D eigenvalue weighted by Gasteiger charge is -2.22. The Labute approximate surface area is 106 Å². The van der Waals surface area contributed by atoms with Crippen molar-refractivity contribution >= 4 is 23.3 Å². The zero-order valence-electron chi connectivity index (χ0n) is 10.3. The molecule has 1 aromatic heterocycles. The molecule has 0 aliphatic carbocycles. The van der Waals surface area contributed by atoms with Crippen LogP contribution in [0.1, 0.15) is 25.2 Å². The highest BCUT2D eigenvalue weighted by Gasteiger charge is 2.15. The number of aromatic nitrogens is 2. The van der Waals surface area contributed by atoms with Crippen LogP contribution < -0.4 is 10.6 Å². The van der Waals surface area contributed by atoms with Crippen LogP contribution in [0.3, 0.4) is 0 Å². The molecule has 94 valence electrons. The Kier molecular flexibility index (Phi) is 4.69. The molecular formula is C11H17ClN4O. The molecule has 0 saturated heterocycles. The highest BCUT2D eigenvalue weighted by molar-refractivity contribution is 6.30. The van der Waals surface area contributed by atoms with Crippen LogP contribution in [0.2, 0.25) is 5.15 Å². The van der Waals surface area contributed by atoms with Gasteiger partial charge in [0.05, 0.1) is 6.54 Å². The number of anilines is 1. The predicted octanol–water partition coefficient (Wildman–Crippen LogP) is 1.31. The van der Waals surface area contributed by atoms with Crippen molar-refractivity contribution in [2.24, 2.45) is 5.73 Å². The molecule has 0 unspecified atom stereocenters. The summed E-state index contributed by atoms with van der Waals surface area (Å²) in [5.74, 6) is 0.959. The minimum atomic E-state index is -0.390. The van der Waals surface area contributed by atoms with Crippen LogP contribution in [0, 0.1) is 6.92 Å². The number of amides is 1. The van der Waals surface area contributed by atoms with E-state index in [-0.39, 0.29) is 12.5 Å². The van der Waals surface area contributed by atoms with Crippen LogP contribution in [-0.4, -0.2) is 29.0 Å². The lowest BCUT2D eigenvalue weighted by molar-refractivity contribution is -0.116. The Hall–Kier alpha value is -1.36. The van der Waals surface area contributed by atoms with Gasteiger partial charge in [-0.15, -0.1) is 0 Å². The summed E-state index contributed by atoms with van der Waals surface area (Å²) in [4.78, 5) is 21.4. The van der Waals surface area contributed by atoms with E-state index < -0.39 is 0 Å². The standard InChI is InChI=1S/C11H17ClN4O/c1-4-9-14-10(12)7(3)11(15-9)16(5-2)6-8(13)17/h4-6H2,1-3H3,(H2,13,17). The highest BCUT2D eigenvalue weighted by Crippen LogP contribution is 2.23. The first-order valence-electron chi connectivity index (χ1n) is 5.55. The monoisotopic (exact) mass is 256 g/mol. The SMILES string of the molecule is CCc1nc(Cl)c(C)c(N(CC)CC(N)=O)n1. The van der Waals surface area contributed by atoms with Crippen LogP contribution in [0.4, 0.5) is 5.82 Å². The van der Waals surface area contributed by atoms with Crippen LogP contribution in [0.5, 0.6) is 0 Å². The summed E-state index contributed by atoms with van der Waals surface area (Å²) in [6, 6.07) is 0. The van der Waals surface area contributed by atoms with Gasteiger partial charge in [-0.25, -0.2) is 9.97 Å². The molecule has 5 nitrogen and oxygen atoms in total. The van der Waals surface area contributed by atoms with Crippen molar-refractivity contribution in [2.75, 3.05) is 18.0 Å². The molecule has 0 aromatic carbocycles. The van der Waals surface area contributed by atoms with Gasteiger partial charge in [0, 0.05) is 18.5 Å². The normalized spacial score (nSPS) is 10.4. The second kappa shape index (κ2) is 5.82. The van der Waals surface area contributed by atoms with E-state index in [1.807, 2.05) is 20.8 Å². The summed E-state index contributed by atoms with van der Waals surface area (Å²) >= 11 is 6.04. The van der Waals surface area contributed by atoms with Crippen molar-refractivity contribution in [2.45, 2.75) is 27.2 Å². The van der Waals surface area contributed by atoms with Gasteiger partial charge >= 0.3 is 0 Å². The molecule has 6 heteroatoms. The Bertz CT molecular complexity index is 422. The number of nitrogens with two attached hydrogens (primary N) is 1. The van der Waals surface area contributed by atoms with E-state index in [0.29, 0.717) is 29.8 Å². The fourth-order valence-corrected chi connectivity index (χ4v) is 1.69. The van der Waals surface area contributed by atoms with Crippen molar-refractivity contribution in [1.82, 2.24) is 9.97 Å². The summed E-state index contributed by atoms with van der Waals surface area (Å²) in [6.07, 6.45) is 0.696. The Morgan fingerprint density at radius 1 is 1.41 bits per heavy atom. The molecule has 0 spiro atoms. The van der Waals surface area contributed by atoms with Crippen molar-refractivity contribution in [3.8, 4) is 0 Å². The van der Waals surface area contributed by atoms with E-state index in [1.165, 1.54) is 0 Å². The maximum Gasteiger partial charge on any atom is 0.236 e. The smallest absolute Gasteiger partial charge is 0.236 e. The molecule has 2 N–H and O–H groups in total. The van der Waals surface area contributed by atoms with E-state index in [2.05, 4.69) is 9.97 Å². The maximum atomic E-state index is 11.0. The number of carbonyl (C=O) groups is 1. The van der Waals surface area contributed by atoms with E-state index in [1.54, 1.807) is 4.90 Å². The Balaban J connectivity index is 3.17. The molecule has 17 heavy (non-hydrogen) atoms. The first-order chi connectivity index (χ1) is 7.99. The molecule has 1 amide bonds. The first kappa shape index (κ1) is 13.7. The minimum Gasteiger partial charge on any atom is -0.368 e. The van der Waals surface area contributed by atoms with Gasteiger partial charge in [0.15, 0.2) is 0 Å². The molecule has 0 bridgehead atoms. The number of primary amides is 1. The first-order valence-corrected chi connectivity index (χ1v) is 5.93. The minimum absolute atomic E-state index is 0.133. The Morgan fingerprint density at radius 3 is 2.53 bits per heavy atom. The van der Waals surface area contributed by atoms with Crippen LogP contribution in [0.25, 0.3) is 0 Å². The summed E-state index contributed by atoms with van der Waals surface area (Å²) in [6.45, 7) is 6.49. The zero-order chi connectivity index (χ0) is 13.0. The lowest BCUT2D eigenvalue weighted by atomic mass is 10.3. The molecule has 1 heterocycles. The molecule has 0 saturated carbocycles. The quantitative estimate of drug-likeness (QED) is 0.807. The molecule has 0 radical (unpaired) electrons. The van der Waals surface area contributed by atoms with E-state index >= 15 is 0 Å². The molecule has 0 aliphatic rings. The second-order valence-corrected chi connectivity index (χ2v) is 4.07. The zero-order valence-corrected chi connectivity index (χ0v) is 11.1. The van der Waals surface area contributed by atoms with Gasteiger partial charge in [-0.3, -0.25) is 4.79 Å². The molecule has 0 aliphatic heterocycles. The number of likely N-dealkylation sites (N-methyl/N-ethyl adjacent to an activating group) is 1. The van der Waals surface area contributed by atoms with Crippen molar-refractivity contribution in [3.63, 3.8) is 0 Å². The summed E-state index contributed by atoms with van der Waals surface area (Å²) in [5, 5.41) is 0.426. The largest absolute Gasteiger partial charge is 0.368 e. The predicted molar refractivity (Wildman–Crippen MR) is 68.2 cm³/mol. The summed E-state index contributed by atoms with van der Waals surface area (Å²) in [5.41, 5.74) is 5.98. The van der Waals surface area contributed by atoms with Gasteiger partial charge < -0.3 is 10.6 Å². The molecular weight excluding hydrogens is 240 g/mol. The third kappa shape index (κ3) is 3.30. The fourth-order valence-electron chi connectivity index (χ4n) is 1.51. The van der Waals surface area contributed by atoms with Crippen molar-refractivity contribution < 1.29 is 4.79 Å². The molecule has 1 rings (SSSR count). The molecule has 0 fully saturated rings. The average Bonchev–Trinajstić information content (AvgIpc) is 2.29. The van der Waals surface area contributed by atoms with Crippen LogP contribution >= 0.6 is 11.6 Å². The third-order valence-corrected chi connectivity index (χ3v) is 2.82. The fraction of sp³-hybridized carbons (Fsp3) is 0.545. The van der Waals surface area contributed by atoms with Gasteiger partial charge in [0.25, 0.3) is 0 Å². The number of aryl methyl sites for hydroxylation is 1. The van der Waals surface area contributed by atoms with E-state index in [9.17, 15) is 4.79 Å². The van der Waals surface area contributed by atoms with E-state index in [4.69, 9.17) is 17.3 Å². The number of hydrogen-bond acceptors (Lipinski definition) is 4. The number of halogens is 1. The highest BCUT2D eigenvalue weighted by atomic mass is 35.5. The number of carbonyl (C=O) groups excluding carboxylic acids is 1. The Morgan fingerprint density at radius 2 is 2.06 bits per heavy atom. The molecule has 0 atom stereocenters. The number of rotatable bonds is 5. The van der Waals surface area contributed by atoms with E-state index in [0.717, 1.165) is 5.56 Å². The number of nitrogens with zero attached hydrogens (tertiary/aromatic N) is 3. The van der Waals surface area contributed by atoms with Gasteiger partial charge in [-0.2, -0.15) is 0 Å². The van der Waals surface area contributed by atoms with Crippen LogP contribution in [-0.2, 0) is 11.2 Å². The third-order valence-electron chi connectivity index (χ3n) is 2.45. The van der Waals surface area contributed by atoms with Gasteiger partial charge in [0.2, 0.25) is 5.91 Å². The maximum absolute atomic E-state index is 11.0. The van der Waals surface area contributed by atoms with Gasteiger partial charge in [-0.1, -0.05) is 18.5 Å². The second-order valence-electron chi connectivity index (χ2n) is 3.71. The van der Waals surface area contributed by atoms with Gasteiger partial charge in [0.1, 0.15) is 16.8 Å². The van der Waals surface area contributed by atoms with Crippen molar-refractivity contribution in [3.05, 3.63) is 16.5 Å². The summed E-state index contributed by atoms with van der Waals surface area (Å²) < 4.78 is 0. The topological polar surface area (TPSA) is 72.1 Å². The van der Waals surface area contributed by atoms with Crippen LogP contribution in [0.15, 0.2) is 0 Å². The molecule has 1 aromatic rings. The number of hydrogen-bond donors (Lipinski definition) is 1. The van der Waals surface area contributed by atoms with Crippen molar-refractivity contribution in [1.29, 1.82) is 0 Å². The van der Waals surface area contributed by atoms with Gasteiger partial charge in [-0.05, 0) is 13.8 Å².